The SMILES string of the molecule is N[NH][Rh][Cl].P. The Morgan fingerprint density at radius 1 is 1.80 bits per heavy atom. The molecule has 0 bridgehead atoms. The first-order valence-electron chi connectivity index (χ1n) is 0.581. The largest absolute Gasteiger partial charge is 0.153 e. The average molecular weight is 203 g/mol. The Morgan fingerprint density at radius 3 is 2.00 bits per heavy atom. The molecule has 1 atom stereocenters. The van der Waals surface area contributed by atoms with E-state index >= 15 is 0 Å². The molecule has 5 heteroatoms. The van der Waals surface area contributed by atoms with Crippen molar-refractivity contribution in [3.05, 3.63) is 0 Å². The van der Waals surface area contributed by atoms with E-state index in [4.69, 9.17) is 9.69 Å². The number of halogens is 1. The first-order valence-corrected chi connectivity index (χ1v) is 3.51. The molecule has 0 aromatic rings. The molecule has 0 rings (SSSR count). The van der Waals surface area contributed by atoms with Gasteiger partial charge in [0.15, 0.2) is 0 Å². The Balaban J connectivity index is 0. The quantitative estimate of drug-likeness (QED) is 0.265. The Hall–Kier alpha value is 1.26. The van der Waals surface area contributed by atoms with Crippen LogP contribution in [0, 0.1) is 0 Å². The minimum atomic E-state index is -0.132. The van der Waals surface area contributed by atoms with Crippen molar-refractivity contribution in [1.29, 1.82) is 0 Å². The van der Waals surface area contributed by atoms with Crippen molar-refractivity contribution in [3.8, 4) is 0 Å². The molecule has 0 saturated heterocycles. The standard InChI is InChI=1S/ClH.H3N2.H3P.Rh/c;1-2;;/h1H;1H,2H2;1H3;/q;-1;;+2/p-1. The van der Waals surface area contributed by atoms with E-state index in [1.165, 1.54) is 0 Å². The molecule has 0 spiro atoms. The predicted molar refractivity (Wildman–Crippen MR) is 24.3 cm³/mol. The number of hydrogen-bond donors (Lipinski definition) is 2. The van der Waals surface area contributed by atoms with Crippen LogP contribution in [0.25, 0.3) is 0 Å². The molecule has 5 heavy (non-hydrogen) atoms. The molecule has 37 valence electrons. The summed E-state index contributed by atoms with van der Waals surface area (Å²) in [6, 6.07) is 0. The van der Waals surface area contributed by atoms with Gasteiger partial charge in [-0.25, -0.2) is 0 Å². The molecule has 0 amide bonds. The van der Waals surface area contributed by atoms with Crippen LogP contribution in [0.3, 0.4) is 0 Å². The molecule has 3 N–H and O–H groups in total. The molecule has 0 aliphatic rings. The third kappa shape index (κ3) is 10.9. The van der Waals surface area contributed by atoms with Gasteiger partial charge >= 0.3 is 36.1 Å². The minimum absolute atomic E-state index is 0. The molecule has 0 aliphatic carbocycles. The van der Waals surface area contributed by atoms with E-state index in [0.29, 0.717) is 0 Å². The monoisotopic (exact) mass is 203 g/mol. The van der Waals surface area contributed by atoms with Crippen molar-refractivity contribution in [3.63, 3.8) is 0 Å². The van der Waals surface area contributed by atoms with Crippen LogP contribution in [0.5, 0.6) is 0 Å². The molecular formula is H6ClN2PRh. The smallest absolute Gasteiger partial charge is 0.153 e. The molecule has 2 nitrogen and oxygen atoms in total. The third-order valence-electron chi connectivity index (χ3n) is 0.0364. The van der Waals surface area contributed by atoms with Crippen molar-refractivity contribution < 1.29 is 16.4 Å². The van der Waals surface area contributed by atoms with Gasteiger partial charge in [0, 0.05) is 0 Å². The second-order valence-corrected chi connectivity index (χ2v) is 1.69. The molecule has 0 aromatic heterocycles. The molecular weight excluding hydrogens is 197 g/mol. The van der Waals surface area contributed by atoms with E-state index in [0.717, 1.165) is 0 Å². The fourth-order valence-electron chi connectivity index (χ4n) is 0. The molecule has 0 fully saturated rings. The van der Waals surface area contributed by atoms with Crippen LogP contribution in [0.15, 0.2) is 0 Å². The zero-order valence-electron chi connectivity index (χ0n) is 2.50. The average Bonchev–Trinajstić information content (AvgIpc) is 1.37. The summed E-state index contributed by atoms with van der Waals surface area (Å²) < 4.78 is 2.27. The van der Waals surface area contributed by atoms with Gasteiger partial charge in [-0.15, -0.1) is 0 Å². The number of nitrogens with one attached hydrogen (secondary N) is 1. The maximum absolute atomic E-state index is 5.02. The summed E-state index contributed by atoms with van der Waals surface area (Å²) in [5.41, 5.74) is 0. The van der Waals surface area contributed by atoms with Crippen LogP contribution in [-0.2, 0) is 16.4 Å². The van der Waals surface area contributed by atoms with Gasteiger partial charge in [-0.3, -0.25) is 0 Å². The minimum Gasteiger partial charge on any atom is -0.153 e. The first-order chi connectivity index (χ1) is 1.91. The zero-order chi connectivity index (χ0) is 3.41. The Labute approximate surface area is 46.3 Å². The summed E-state index contributed by atoms with van der Waals surface area (Å²) in [7, 11) is 5.02. The van der Waals surface area contributed by atoms with Crippen molar-refractivity contribution >= 4 is 19.6 Å². The first kappa shape index (κ1) is 9.55. The van der Waals surface area contributed by atoms with Crippen molar-refractivity contribution in [2.45, 2.75) is 0 Å². The number of nitrogens with two attached hydrogens (primary N) is 1. The summed E-state index contributed by atoms with van der Waals surface area (Å²) in [5.74, 6) is 4.68. The van der Waals surface area contributed by atoms with E-state index in [1.54, 1.807) is 0 Å². The van der Waals surface area contributed by atoms with Crippen LogP contribution in [0.4, 0.5) is 0 Å². The fourth-order valence-corrected chi connectivity index (χ4v) is 0. The van der Waals surface area contributed by atoms with E-state index in [9.17, 15) is 0 Å². The van der Waals surface area contributed by atoms with Gasteiger partial charge in [0.2, 0.25) is 0 Å². The maximum atomic E-state index is 5.02. The summed E-state index contributed by atoms with van der Waals surface area (Å²) >= 11 is -0.132. The van der Waals surface area contributed by atoms with E-state index < -0.39 is 0 Å². The second kappa shape index (κ2) is 8.98. The van der Waals surface area contributed by atoms with Gasteiger partial charge in [-0.2, -0.15) is 9.90 Å². The van der Waals surface area contributed by atoms with Crippen LogP contribution in [0.2, 0.25) is 0 Å². The summed E-state index contributed by atoms with van der Waals surface area (Å²) in [5, 5.41) is 0. The number of hydrazine groups is 1. The molecule has 0 radical (unpaired) electrons. The van der Waals surface area contributed by atoms with Gasteiger partial charge in [-0.1, -0.05) is 0 Å². The predicted octanol–water partition coefficient (Wildman–Crippen LogP) is -0.341. The normalized spacial score (nSPS) is 6.80. The van der Waals surface area contributed by atoms with Crippen LogP contribution in [0.1, 0.15) is 0 Å². The van der Waals surface area contributed by atoms with Crippen LogP contribution in [-0.4, -0.2) is 0 Å². The maximum Gasteiger partial charge on any atom is -0.153 e. The Morgan fingerprint density at radius 2 is 2.00 bits per heavy atom. The molecule has 0 saturated carbocycles. The summed E-state index contributed by atoms with van der Waals surface area (Å²) in [4.78, 5) is 0. The van der Waals surface area contributed by atoms with Crippen LogP contribution >= 0.6 is 19.6 Å². The van der Waals surface area contributed by atoms with Gasteiger partial charge in [0.1, 0.15) is 0 Å². The number of rotatable bonds is 1. The molecule has 0 aromatic carbocycles. The zero-order valence-corrected chi connectivity index (χ0v) is 6.30. The topological polar surface area (TPSA) is 38.0 Å². The number of hydrogen-bond acceptors (Lipinski definition) is 2. The summed E-state index contributed by atoms with van der Waals surface area (Å²) in [6.45, 7) is 0. The Kier molecular flexibility index (Phi) is 17.2. The fraction of sp³-hybridized carbons (Fsp3) is 0. The van der Waals surface area contributed by atoms with Crippen molar-refractivity contribution in [2.75, 3.05) is 0 Å². The van der Waals surface area contributed by atoms with E-state index in [2.05, 4.69) is 10.0 Å². The van der Waals surface area contributed by atoms with Gasteiger partial charge in [0.05, 0.1) is 0 Å². The second-order valence-electron chi connectivity index (χ2n) is 0.159. The van der Waals surface area contributed by atoms with Crippen LogP contribution < -0.4 is 10.0 Å². The Bertz CT molecular complexity index is 11.6. The van der Waals surface area contributed by atoms with Gasteiger partial charge in [-0.05, 0) is 0 Å². The van der Waals surface area contributed by atoms with E-state index in [1.807, 2.05) is 0 Å². The van der Waals surface area contributed by atoms with Crippen molar-refractivity contribution in [2.24, 2.45) is 5.84 Å². The molecule has 0 heterocycles. The molecule has 1 unspecified atom stereocenters. The summed E-state index contributed by atoms with van der Waals surface area (Å²) in [6.07, 6.45) is 0. The third-order valence-corrected chi connectivity index (χ3v) is 0.645. The van der Waals surface area contributed by atoms with Gasteiger partial charge in [0.25, 0.3) is 0 Å². The molecule has 0 aliphatic heterocycles. The van der Waals surface area contributed by atoms with E-state index in [-0.39, 0.29) is 26.3 Å². The van der Waals surface area contributed by atoms with Gasteiger partial charge < -0.3 is 0 Å². The van der Waals surface area contributed by atoms with Crippen molar-refractivity contribution in [1.82, 2.24) is 4.17 Å².